The Morgan fingerprint density at radius 1 is 0.853 bits per heavy atom. The minimum absolute atomic E-state index is 0.113. The quantitative estimate of drug-likeness (QED) is 0.468. The molecule has 1 aromatic heterocycles. The zero-order valence-electron chi connectivity index (χ0n) is 18.5. The summed E-state index contributed by atoms with van der Waals surface area (Å²) in [6, 6.07) is 20.6. The van der Waals surface area contributed by atoms with Gasteiger partial charge in [-0.25, -0.2) is 13.8 Å². The standard InChI is InChI=1S/C27H24F2N4O/c28-23-6-2-1-5-21(23)18-31-27(34)20-10-9-19-11-12-30-26(22(19)17-20)33-15-13-32(14-16-33)25-8-4-3-7-24(25)29/h1-12,17H,13-16,18H2,(H,31,34). The smallest absolute Gasteiger partial charge is 0.251 e. The van der Waals surface area contributed by atoms with Crippen LogP contribution in [0.2, 0.25) is 0 Å². The molecule has 172 valence electrons. The highest BCUT2D eigenvalue weighted by molar-refractivity contribution is 6.01. The van der Waals surface area contributed by atoms with Gasteiger partial charge in [-0.2, -0.15) is 0 Å². The Hall–Kier alpha value is -4.00. The van der Waals surface area contributed by atoms with Gasteiger partial charge in [0.2, 0.25) is 0 Å². The van der Waals surface area contributed by atoms with Crippen molar-refractivity contribution in [2.45, 2.75) is 6.54 Å². The van der Waals surface area contributed by atoms with Gasteiger partial charge < -0.3 is 15.1 Å². The molecule has 1 aliphatic rings. The van der Waals surface area contributed by atoms with Gasteiger partial charge in [-0.05, 0) is 41.8 Å². The molecule has 1 aliphatic heterocycles. The summed E-state index contributed by atoms with van der Waals surface area (Å²) in [5.74, 6) is -0.0358. The van der Waals surface area contributed by atoms with E-state index in [0.29, 0.717) is 43.0 Å². The number of hydrogen-bond donors (Lipinski definition) is 1. The zero-order chi connectivity index (χ0) is 23.5. The Bertz CT molecular complexity index is 1340. The molecule has 0 spiro atoms. The second kappa shape index (κ2) is 9.47. The number of anilines is 2. The Morgan fingerprint density at radius 2 is 1.56 bits per heavy atom. The first-order valence-corrected chi connectivity index (χ1v) is 11.2. The van der Waals surface area contributed by atoms with Crippen molar-refractivity contribution < 1.29 is 13.6 Å². The summed E-state index contributed by atoms with van der Waals surface area (Å²) in [6.45, 7) is 2.82. The van der Waals surface area contributed by atoms with Crippen LogP contribution in [0.15, 0.2) is 79.0 Å². The number of halogens is 2. The maximum Gasteiger partial charge on any atom is 0.251 e. The molecule has 0 saturated carbocycles. The summed E-state index contributed by atoms with van der Waals surface area (Å²) in [6.07, 6.45) is 1.76. The molecule has 0 unspecified atom stereocenters. The fraction of sp³-hybridized carbons (Fsp3) is 0.185. The summed E-state index contributed by atoms with van der Waals surface area (Å²) in [4.78, 5) is 21.6. The number of carbonyl (C=O) groups is 1. The van der Waals surface area contributed by atoms with Gasteiger partial charge in [0.1, 0.15) is 17.5 Å². The van der Waals surface area contributed by atoms with E-state index in [1.807, 2.05) is 29.2 Å². The molecule has 1 amide bonds. The van der Waals surface area contributed by atoms with Crippen molar-refractivity contribution in [3.05, 3.63) is 102 Å². The van der Waals surface area contributed by atoms with Crippen molar-refractivity contribution in [3.8, 4) is 0 Å². The van der Waals surface area contributed by atoms with E-state index in [4.69, 9.17) is 0 Å². The number of rotatable bonds is 5. The second-order valence-corrected chi connectivity index (χ2v) is 8.27. The highest BCUT2D eigenvalue weighted by Gasteiger charge is 2.22. The molecule has 1 fully saturated rings. The SMILES string of the molecule is O=C(NCc1ccccc1F)c1ccc2ccnc(N3CCN(c4ccccc4F)CC3)c2c1. The molecule has 0 atom stereocenters. The number of benzene rings is 3. The minimum Gasteiger partial charge on any atom is -0.366 e. The number of para-hydroxylation sites is 1. The number of amides is 1. The van der Waals surface area contributed by atoms with Crippen LogP contribution in [0.25, 0.3) is 10.8 Å². The number of hydrogen-bond acceptors (Lipinski definition) is 4. The minimum atomic E-state index is -0.345. The van der Waals surface area contributed by atoms with Gasteiger partial charge in [0.15, 0.2) is 0 Å². The van der Waals surface area contributed by atoms with Crippen molar-refractivity contribution in [2.75, 3.05) is 36.0 Å². The van der Waals surface area contributed by atoms with E-state index in [9.17, 15) is 13.6 Å². The molecule has 1 saturated heterocycles. The van der Waals surface area contributed by atoms with Gasteiger partial charge in [-0.3, -0.25) is 4.79 Å². The van der Waals surface area contributed by atoms with Crippen molar-refractivity contribution >= 4 is 28.2 Å². The normalized spacial score (nSPS) is 13.8. The van der Waals surface area contributed by atoms with E-state index < -0.39 is 0 Å². The van der Waals surface area contributed by atoms with Gasteiger partial charge >= 0.3 is 0 Å². The van der Waals surface area contributed by atoms with Crippen molar-refractivity contribution in [1.82, 2.24) is 10.3 Å². The molecule has 2 heterocycles. The third-order valence-corrected chi connectivity index (χ3v) is 6.18. The summed E-state index contributed by atoms with van der Waals surface area (Å²) >= 11 is 0. The molecule has 0 radical (unpaired) electrons. The molecule has 4 aromatic rings. The predicted octanol–water partition coefficient (Wildman–Crippen LogP) is 4.77. The van der Waals surface area contributed by atoms with Crippen LogP contribution in [0, 0.1) is 11.6 Å². The predicted molar refractivity (Wildman–Crippen MR) is 130 cm³/mol. The molecule has 34 heavy (non-hydrogen) atoms. The van der Waals surface area contributed by atoms with Crippen LogP contribution in [0.3, 0.4) is 0 Å². The van der Waals surface area contributed by atoms with Crippen molar-refractivity contribution in [1.29, 1.82) is 0 Å². The maximum absolute atomic E-state index is 14.2. The average molecular weight is 459 g/mol. The molecule has 5 rings (SSSR count). The summed E-state index contributed by atoms with van der Waals surface area (Å²) in [5.41, 5.74) is 1.54. The lowest BCUT2D eigenvalue weighted by Gasteiger charge is -2.37. The average Bonchev–Trinajstić information content (AvgIpc) is 2.88. The van der Waals surface area contributed by atoms with Gasteiger partial charge in [0.25, 0.3) is 5.91 Å². The highest BCUT2D eigenvalue weighted by Crippen LogP contribution is 2.28. The zero-order valence-corrected chi connectivity index (χ0v) is 18.5. The third kappa shape index (κ3) is 4.41. The summed E-state index contributed by atoms with van der Waals surface area (Å²) in [5, 5.41) is 4.65. The monoisotopic (exact) mass is 458 g/mol. The Morgan fingerprint density at radius 3 is 2.32 bits per heavy atom. The van der Waals surface area contributed by atoms with Crippen LogP contribution in [0.4, 0.5) is 20.3 Å². The highest BCUT2D eigenvalue weighted by atomic mass is 19.1. The van der Waals surface area contributed by atoms with Gasteiger partial charge in [-0.15, -0.1) is 0 Å². The number of nitrogens with zero attached hydrogens (tertiary/aromatic N) is 3. The van der Waals surface area contributed by atoms with Gasteiger partial charge in [-0.1, -0.05) is 36.4 Å². The van der Waals surface area contributed by atoms with E-state index in [1.54, 1.807) is 42.6 Å². The Kier molecular flexibility index (Phi) is 6.08. The van der Waals surface area contributed by atoms with Crippen LogP contribution in [0.1, 0.15) is 15.9 Å². The van der Waals surface area contributed by atoms with E-state index >= 15 is 0 Å². The first-order valence-electron chi connectivity index (χ1n) is 11.2. The fourth-order valence-electron chi connectivity index (χ4n) is 4.33. The molecule has 1 N–H and O–H groups in total. The molecule has 5 nitrogen and oxygen atoms in total. The fourth-order valence-corrected chi connectivity index (χ4v) is 4.33. The van der Waals surface area contributed by atoms with Crippen molar-refractivity contribution in [3.63, 3.8) is 0 Å². The molecule has 0 aliphatic carbocycles. The van der Waals surface area contributed by atoms with Crippen molar-refractivity contribution in [2.24, 2.45) is 0 Å². The lowest BCUT2D eigenvalue weighted by atomic mass is 10.1. The van der Waals surface area contributed by atoms with E-state index in [2.05, 4.69) is 15.2 Å². The van der Waals surface area contributed by atoms with Crippen LogP contribution in [-0.4, -0.2) is 37.1 Å². The van der Waals surface area contributed by atoms with E-state index in [0.717, 1.165) is 16.6 Å². The van der Waals surface area contributed by atoms with Crippen LogP contribution in [0.5, 0.6) is 0 Å². The number of nitrogens with one attached hydrogen (secondary N) is 1. The van der Waals surface area contributed by atoms with Gasteiger partial charge in [0.05, 0.1) is 5.69 Å². The Balaban J connectivity index is 1.33. The second-order valence-electron chi connectivity index (χ2n) is 8.27. The number of carbonyl (C=O) groups excluding carboxylic acids is 1. The van der Waals surface area contributed by atoms with E-state index in [-0.39, 0.29) is 24.1 Å². The maximum atomic E-state index is 14.2. The summed E-state index contributed by atoms with van der Waals surface area (Å²) < 4.78 is 28.1. The lowest BCUT2D eigenvalue weighted by molar-refractivity contribution is 0.0950. The van der Waals surface area contributed by atoms with Crippen LogP contribution in [-0.2, 0) is 6.54 Å². The number of pyridine rings is 1. The largest absolute Gasteiger partial charge is 0.366 e. The third-order valence-electron chi connectivity index (χ3n) is 6.18. The van der Waals surface area contributed by atoms with E-state index in [1.165, 1.54) is 12.1 Å². The van der Waals surface area contributed by atoms with Crippen LogP contribution >= 0.6 is 0 Å². The molecule has 7 heteroatoms. The molecule has 3 aromatic carbocycles. The summed E-state index contributed by atoms with van der Waals surface area (Å²) in [7, 11) is 0. The first kappa shape index (κ1) is 21.8. The number of aromatic nitrogens is 1. The van der Waals surface area contributed by atoms with Gasteiger partial charge in [0, 0.05) is 55.4 Å². The molecule has 0 bridgehead atoms. The lowest BCUT2D eigenvalue weighted by Crippen LogP contribution is -2.47. The molecular weight excluding hydrogens is 434 g/mol. The topological polar surface area (TPSA) is 48.5 Å². The number of fused-ring (bicyclic) bond motifs is 1. The Labute approximate surface area is 196 Å². The molecular formula is C27H24F2N4O. The number of piperazine rings is 1. The van der Waals surface area contributed by atoms with Crippen LogP contribution < -0.4 is 15.1 Å². The first-order chi connectivity index (χ1) is 16.6.